The molecule has 12 rings (SSSR count). The Morgan fingerprint density at radius 3 is 0.398 bits per heavy atom. The van der Waals surface area contributed by atoms with Gasteiger partial charge in [-0.2, -0.15) is 0 Å². The van der Waals surface area contributed by atoms with E-state index in [1.807, 2.05) is 0 Å². The van der Waals surface area contributed by atoms with E-state index in [2.05, 4.69) is 277 Å². The lowest BCUT2D eigenvalue weighted by Gasteiger charge is -2.26. The van der Waals surface area contributed by atoms with Gasteiger partial charge < -0.3 is 0 Å². The molecule has 516 valence electrons. The van der Waals surface area contributed by atoms with Crippen LogP contribution in [0.4, 0.5) is 0 Å². The molecule has 0 N–H and O–H groups in total. The van der Waals surface area contributed by atoms with Crippen LogP contribution in [-0.4, -0.2) is 0 Å². The highest BCUT2D eigenvalue weighted by molar-refractivity contribution is 6.11. The van der Waals surface area contributed by atoms with Gasteiger partial charge in [-0.15, -0.1) is 0 Å². The number of aryl methyl sites for hydroxylation is 6. The zero-order valence-corrected chi connectivity index (χ0v) is 69.4. The second kappa shape index (κ2) is 26.7. The van der Waals surface area contributed by atoms with E-state index in [1.54, 1.807) is 22.3 Å². The summed E-state index contributed by atoms with van der Waals surface area (Å²) >= 11 is 0. The molecular formula is C98H124. The minimum atomic E-state index is 1.02. The third-order valence-corrected chi connectivity index (χ3v) is 28.5. The molecule has 2 aliphatic rings. The molecule has 0 radical (unpaired) electrons. The van der Waals surface area contributed by atoms with Gasteiger partial charge in [0.15, 0.2) is 0 Å². The van der Waals surface area contributed by atoms with Crippen molar-refractivity contribution in [2.75, 3.05) is 0 Å². The lowest BCUT2D eigenvalue weighted by Crippen LogP contribution is -2.05. The number of hydrogen-bond acceptors (Lipinski definition) is 0. The average molecular weight is 1300 g/mol. The lowest BCUT2D eigenvalue weighted by atomic mass is 9.78. The van der Waals surface area contributed by atoms with Gasteiger partial charge in [0.1, 0.15) is 0 Å². The Kier molecular flexibility index (Phi) is 20.4. The second-order valence-corrected chi connectivity index (χ2v) is 31.8. The Bertz CT molecular complexity index is 4640. The Labute approximate surface area is 597 Å². The van der Waals surface area contributed by atoms with Gasteiger partial charge in [-0.25, -0.2) is 0 Å². The van der Waals surface area contributed by atoms with Crippen LogP contribution < -0.4 is 0 Å². The largest absolute Gasteiger partial charge is 0.0447 e. The normalized spacial score (nSPS) is 12.0. The SMILES string of the molecule is Cc1c(C)c(C)c(-c2c(C)c(C)c3c(c2C)Cc2c(C)c(-c4c(C)c(C)c(C)c(C)c4C)c(C)c(C)c2-3)c(C)c1C.Cc1c(C)c(C)c(C)c(C)c1C.Cc1c(C)c(C)c2c(C)c3c(C)c(C)c(C)c(C)c3c(C)c2c1C.Cc1c(C)c(C)c2c(c1C)Cc1c(C)c(C)c(C)c(C)c1-2. The summed E-state index contributed by atoms with van der Waals surface area (Å²) in [6, 6.07) is 0. The maximum atomic E-state index is 2.40. The van der Waals surface area contributed by atoms with Crippen molar-refractivity contribution in [3.8, 4) is 44.5 Å². The maximum Gasteiger partial charge on any atom is -0.000754 e. The van der Waals surface area contributed by atoms with Gasteiger partial charge in [-0.3, -0.25) is 0 Å². The summed E-state index contributed by atoms with van der Waals surface area (Å²) in [4.78, 5) is 0. The van der Waals surface area contributed by atoms with E-state index in [0.29, 0.717) is 0 Å². The van der Waals surface area contributed by atoms with Gasteiger partial charge in [0.2, 0.25) is 0 Å². The first-order valence-corrected chi connectivity index (χ1v) is 36.9. The molecular weight excluding hydrogens is 1180 g/mol. The molecule has 2 aliphatic carbocycles. The molecule has 0 aliphatic heterocycles. The summed E-state index contributed by atoms with van der Waals surface area (Å²) in [5.74, 6) is 0. The average Bonchev–Trinajstić information content (AvgIpc) is 1.32. The van der Waals surface area contributed by atoms with E-state index >= 15 is 0 Å². The van der Waals surface area contributed by atoms with E-state index in [-0.39, 0.29) is 0 Å². The van der Waals surface area contributed by atoms with Gasteiger partial charge in [-0.1, -0.05) is 0 Å². The van der Waals surface area contributed by atoms with Crippen molar-refractivity contribution in [2.45, 2.75) is 290 Å². The predicted molar refractivity (Wildman–Crippen MR) is 438 cm³/mol. The zero-order valence-electron chi connectivity index (χ0n) is 69.4. The molecule has 0 saturated heterocycles. The Morgan fingerprint density at radius 2 is 0.204 bits per heavy atom. The molecule has 0 spiro atoms. The topological polar surface area (TPSA) is 0 Å². The van der Waals surface area contributed by atoms with Crippen LogP contribution in [0.25, 0.3) is 66.1 Å². The summed E-state index contributed by atoms with van der Waals surface area (Å²) in [6.45, 7) is 91.9. The number of fused-ring (bicyclic) bond motifs is 8. The van der Waals surface area contributed by atoms with Crippen molar-refractivity contribution in [1.29, 1.82) is 0 Å². The molecule has 0 aromatic heterocycles. The third-order valence-electron chi connectivity index (χ3n) is 28.5. The highest BCUT2D eigenvalue weighted by Gasteiger charge is 2.34. The van der Waals surface area contributed by atoms with Crippen LogP contribution in [0.2, 0.25) is 0 Å². The second-order valence-electron chi connectivity index (χ2n) is 31.8. The summed E-state index contributed by atoms with van der Waals surface area (Å²) < 4.78 is 0. The van der Waals surface area contributed by atoms with E-state index in [0.717, 1.165) is 12.8 Å². The van der Waals surface area contributed by atoms with Crippen LogP contribution in [0.1, 0.15) is 245 Å². The maximum absolute atomic E-state index is 2.40. The summed E-state index contributed by atoms with van der Waals surface area (Å²) in [6.07, 6.45) is 2.14. The molecule has 10 aromatic rings. The van der Waals surface area contributed by atoms with Crippen LogP contribution in [0.5, 0.6) is 0 Å². The minimum absolute atomic E-state index is 1.02. The molecule has 0 fully saturated rings. The first-order valence-electron chi connectivity index (χ1n) is 36.9. The standard InChI is InChI=1S/C41H50.C24H30.C21H26.C12H18/c1-18-20(3)24(7)36(25(8)21(18)4)38-28(11)30(13)40-34(32(38)15)17-35-33(16)39(29(12)31(14)41(35)40)37-26(9)22(5)19(2)23(6)27(37)10;1-11-12(2)16(6)22-20(10)24-18(8)14(4)13(3)17(7)23(24)19(9)21(22)15(11)5;1-10-12(3)16(7)20-18(14(10)5)9-19-15(6)11(2)13(4)17(8)21(19)20;1-7-8(2)10(4)12(6)11(5)9(7)3/h17H2,1-16H3;1-10H3;9H2,1-8H3;1-6H3. The molecule has 0 heterocycles. The molecule has 10 aromatic carbocycles. The van der Waals surface area contributed by atoms with E-state index in [4.69, 9.17) is 0 Å². The first kappa shape index (κ1) is 74.9. The third kappa shape index (κ3) is 11.0. The Morgan fingerprint density at radius 1 is 0.0918 bits per heavy atom. The van der Waals surface area contributed by atoms with Crippen molar-refractivity contribution in [3.63, 3.8) is 0 Å². The van der Waals surface area contributed by atoms with Crippen molar-refractivity contribution < 1.29 is 0 Å². The fourth-order valence-electron chi connectivity index (χ4n) is 18.8. The molecule has 0 atom stereocenters. The number of hydrogen-bond donors (Lipinski definition) is 0. The molecule has 0 bridgehead atoms. The monoisotopic (exact) mass is 1300 g/mol. The fourth-order valence-corrected chi connectivity index (χ4v) is 18.8. The smallest absolute Gasteiger partial charge is 0.000754 e. The van der Waals surface area contributed by atoms with Crippen LogP contribution in [-0.2, 0) is 12.8 Å². The van der Waals surface area contributed by atoms with Gasteiger partial charge in [0.05, 0.1) is 0 Å². The van der Waals surface area contributed by atoms with Crippen molar-refractivity contribution >= 4 is 21.5 Å². The van der Waals surface area contributed by atoms with E-state index in [1.165, 1.54) is 289 Å². The molecule has 98 heavy (non-hydrogen) atoms. The summed E-state index contributed by atoms with van der Waals surface area (Å²) in [7, 11) is 0. The number of benzene rings is 10. The summed E-state index contributed by atoms with van der Waals surface area (Å²) in [5, 5.41) is 5.91. The molecule has 0 nitrogen and oxygen atoms in total. The Hall–Kier alpha value is -7.28. The predicted octanol–water partition coefficient (Wildman–Crippen LogP) is 27.9. The van der Waals surface area contributed by atoms with Gasteiger partial charge in [-0.05, 0) is 601 Å². The van der Waals surface area contributed by atoms with Gasteiger partial charge in [0.25, 0.3) is 0 Å². The zero-order chi connectivity index (χ0) is 73.7. The van der Waals surface area contributed by atoms with Crippen LogP contribution >= 0.6 is 0 Å². The van der Waals surface area contributed by atoms with Crippen LogP contribution in [0, 0.1) is 277 Å². The minimum Gasteiger partial charge on any atom is -0.0447 e. The lowest BCUT2D eigenvalue weighted by molar-refractivity contribution is 1.12. The van der Waals surface area contributed by atoms with Gasteiger partial charge in [0, 0.05) is 0 Å². The molecule has 0 unspecified atom stereocenters. The Balaban J connectivity index is 0.000000167. The van der Waals surface area contributed by atoms with E-state index in [9.17, 15) is 0 Å². The van der Waals surface area contributed by atoms with Crippen molar-refractivity contribution in [3.05, 3.63) is 245 Å². The first-order chi connectivity index (χ1) is 45.4. The molecule has 0 amide bonds. The van der Waals surface area contributed by atoms with E-state index < -0.39 is 0 Å². The highest BCUT2D eigenvalue weighted by atomic mass is 14.4. The van der Waals surface area contributed by atoms with Crippen LogP contribution in [0.3, 0.4) is 0 Å². The fraction of sp³-hybridized carbons (Fsp3) is 0.429. The van der Waals surface area contributed by atoms with Crippen molar-refractivity contribution in [2.24, 2.45) is 0 Å². The number of rotatable bonds is 2. The van der Waals surface area contributed by atoms with Crippen LogP contribution in [0.15, 0.2) is 0 Å². The molecule has 0 heteroatoms. The summed E-state index contributed by atoms with van der Waals surface area (Å²) in [5.41, 5.74) is 76.4. The van der Waals surface area contributed by atoms with Gasteiger partial charge >= 0.3 is 0 Å². The quantitative estimate of drug-likeness (QED) is 0.151. The molecule has 0 saturated carbocycles. The van der Waals surface area contributed by atoms with Crippen molar-refractivity contribution in [1.82, 2.24) is 0 Å². The highest BCUT2D eigenvalue weighted by Crippen LogP contribution is 2.54.